The van der Waals surface area contributed by atoms with E-state index in [1.54, 1.807) is 12.1 Å². The molecular formula is C26H23N3O5S2. The molecule has 0 spiro atoms. The number of benzene rings is 2. The number of nitrogens with two attached hydrogens (primary N) is 1. The number of hydrogen-bond donors (Lipinski definition) is 2. The zero-order valence-electron chi connectivity index (χ0n) is 19.1. The molecule has 2 aromatic heterocycles. The van der Waals surface area contributed by atoms with E-state index in [0.717, 1.165) is 5.56 Å². The highest BCUT2D eigenvalue weighted by atomic mass is 32.2. The van der Waals surface area contributed by atoms with Crippen LogP contribution in [0, 0.1) is 11.8 Å². The minimum atomic E-state index is -3.81. The zero-order chi connectivity index (χ0) is 25.2. The maximum absolute atomic E-state index is 11.6. The van der Waals surface area contributed by atoms with Gasteiger partial charge in [0.1, 0.15) is 22.0 Å². The number of ether oxygens (including phenoxy) is 1. The van der Waals surface area contributed by atoms with Crippen LogP contribution in [0.15, 0.2) is 75.7 Å². The molecule has 2 aromatic carbocycles. The third-order valence-electron chi connectivity index (χ3n) is 6.01. The lowest BCUT2D eigenvalue weighted by Crippen LogP contribution is -2.33. The number of aromatic nitrogens is 2. The van der Waals surface area contributed by atoms with Gasteiger partial charge in [-0.1, -0.05) is 36.3 Å². The molecule has 3 N–H and O–H groups in total. The second kappa shape index (κ2) is 9.97. The lowest BCUT2D eigenvalue weighted by molar-refractivity contribution is -0.0680. The Kier molecular flexibility index (Phi) is 6.75. The van der Waals surface area contributed by atoms with Crippen molar-refractivity contribution >= 4 is 21.4 Å². The Bertz CT molecular complexity index is 1510. The highest BCUT2D eigenvalue weighted by Gasteiger charge is 2.34. The van der Waals surface area contributed by atoms with Crippen molar-refractivity contribution in [2.24, 2.45) is 5.14 Å². The normalized spacial score (nSPS) is 16.2. The van der Waals surface area contributed by atoms with Gasteiger partial charge in [-0.3, -0.25) is 0 Å². The van der Waals surface area contributed by atoms with Crippen molar-refractivity contribution in [3.8, 4) is 23.2 Å². The lowest BCUT2D eigenvalue weighted by atomic mass is 9.93. The van der Waals surface area contributed by atoms with Gasteiger partial charge in [0.25, 0.3) is 0 Å². The first-order valence-corrected chi connectivity index (χ1v) is 13.7. The Morgan fingerprint density at radius 3 is 2.50 bits per heavy atom. The van der Waals surface area contributed by atoms with Crippen LogP contribution in [0.5, 0.6) is 0 Å². The summed E-state index contributed by atoms with van der Waals surface area (Å²) in [7, 11) is -3.81. The Labute approximate surface area is 212 Å². The van der Waals surface area contributed by atoms with Gasteiger partial charge in [-0.05, 0) is 35.7 Å². The predicted octanol–water partition coefficient (Wildman–Crippen LogP) is 3.63. The smallest absolute Gasteiger partial charge is 0.238 e. The van der Waals surface area contributed by atoms with E-state index in [0.29, 0.717) is 53.8 Å². The van der Waals surface area contributed by atoms with Crippen LogP contribution >= 0.6 is 11.3 Å². The number of sulfonamides is 1. The maximum atomic E-state index is 11.6. The summed E-state index contributed by atoms with van der Waals surface area (Å²) in [6.07, 6.45) is 2.36. The Hall–Kier alpha value is -3.33. The number of oxazole rings is 1. The fourth-order valence-corrected chi connectivity index (χ4v) is 5.47. The minimum Gasteiger partial charge on any atom is -0.443 e. The molecule has 3 heterocycles. The molecule has 5 rings (SSSR count). The fraction of sp³-hybridized carbons (Fsp3) is 0.231. The van der Waals surface area contributed by atoms with Crippen molar-refractivity contribution in [2.75, 3.05) is 13.2 Å². The Morgan fingerprint density at radius 2 is 1.81 bits per heavy atom. The largest absolute Gasteiger partial charge is 0.443 e. The second-order valence-electron chi connectivity index (χ2n) is 8.43. The summed E-state index contributed by atoms with van der Waals surface area (Å²) >= 11 is 1.39. The van der Waals surface area contributed by atoms with Gasteiger partial charge < -0.3 is 14.3 Å². The molecule has 0 bridgehead atoms. The third-order valence-corrected chi connectivity index (χ3v) is 7.98. The first-order chi connectivity index (χ1) is 17.3. The molecule has 0 saturated carbocycles. The van der Waals surface area contributed by atoms with E-state index in [4.69, 9.17) is 14.3 Å². The number of rotatable bonds is 5. The molecule has 36 heavy (non-hydrogen) atoms. The molecular weight excluding hydrogens is 498 g/mol. The van der Waals surface area contributed by atoms with Gasteiger partial charge in [-0.15, -0.1) is 11.3 Å². The van der Waals surface area contributed by atoms with Crippen LogP contribution in [-0.2, 0) is 20.4 Å². The number of primary sulfonamides is 1. The van der Waals surface area contributed by atoms with Crippen molar-refractivity contribution in [1.29, 1.82) is 0 Å². The molecule has 1 atom stereocenters. The van der Waals surface area contributed by atoms with Crippen LogP contribution < -0.4 is 5.14 Å². The number of hydrogen-bond acceptors (Lipinski definition) is 8. The van der Waals surface area contributed by atoms with Gasteiger partial charge in [0, 0.05) is 37.0 Å². The van der Waals surface area contributed by atoms with E-state index in [1.165, 1.54) is 29.9 Å². The van der Waals surface area contributed by atoms with Crippen LogP contribution in [0.25, 0.3) is 11.3 Å². The van der Waals surface area contributed by atoms with Crippen molar-refractivity contribution < 1.29 is 22.7 Å². The van der Waals surface area contributed by atoms with Crippen LogP contribution in [-0.4, -0.2) is 36.7 Å². The topological polar surface area (TPSA) is 129 Å². The summed E-state index contributed by atoms with van der Waals surface area (Å²) in [5, 5.41) is 18.7. The number of thiazole rings is 1. The molecule has 4 aromatic rings. The van der Waals surface area contributed by atoms with E-state index in [2.05, 4.69) is 21.8 Å². The van der Waals surface area contributed by atoms with E-state index >= 15 is 0 Å². The quantitative estimate of drug-likeness (QED) is 0.384. The Morgan fingerprint density at radius 1 is 1.08 bits per heavy atom. The summed E-state index contributed by atoms with van der Waals surface area (Å²) in [6, 6.07) is 15.8. The van der Waals surface area contributed by atoms with Crippen molar-refractivity contribution in [1.82, 2.24) is 9.97 Å². The van der Waals surface area contributed by atoms with Gasteiger partial charge in [0.15, 0.2) is 12.2 Å². The molecule has 0 radical (unpaired) electrons. The molecule has 8 nitrogen and oxygen atoms in total. The van der Waals surface area contributed by atoms with E-state index in [9.17, 15) is 13.5 Å². The molecule has 0 amide bonds. The monoisotopic (exact) mass is 521 g/mol. The molecule has 1 fully saturated rings. The molecule has 1 unspecified atom stereocenters. The lowest BCUT2D eigenvalue weighted by Gasteiger charge is -2.29. The van der Waals surface area contributed by atoms with Crippen LogP contribution in [0.4, 0.5) is 0 Å². The fourth-order valence-electron chi connectivity index (χ4n) is 4.04. The summed E-state index contributed by atoms with van der Waals surface area (Å²) < 4.78 is 34.3. The molecule has 1 saturated heterocycles. The van der Waals surface area contributed by atoms with Crippen molar-refractivity contribution in [3.63, 3.8) is 0 Å². The van der Waals surface area contributed by atoms with Gasteiger partial charge in [0.2, 0.25) is 10.0 Å². The van der Waals surface area contributed by atoms with Gasteiger partial charge in [-0.25, -0.2) is 23.5 Å². The van der Waals surface area contributed by atoms with Crippen LogP contribution in [0.3, 0.4) is 0 Å². The maximum Gasteiger partial charge on any atom is 0.238 e. The van der Waals surface area contributed by atoms with E-state index in [1.807, 2.05) is 35.7 Å². The van der Waals surface area contributed by atoms with Crippen molar-refractivity contribution in [2.45, 2.75) is 29.3 Å². The third kappa shape index (κ3) is 5.11. The number of aliphatic hydroxyl groups is 1. The van der Waals surface area contributed by atoms with E-state index < -0.39 is 21.5 Å². The Balaban J connectivity index is 1.50. The van der Waals surface area contributed by atoms with Gasteiger partial charge >= 0.3 is 0 Å². The average Bonchev–Trinajstić information content (AvgIpc) is 3.56. The molecule has 184 valence electrons. The molecule has 1 aliphatic heterocycles. The molecule has 0 aliphatic carbocycles. The zero-order valence-corrected chi connectivity index (χ0v) is 20.8. The summed E-state index contributed by atoms with van der Waals surface area (Å²) in [5.41, 5.74) is 1.74. The average molecular weight is 522 g/mol. The first-order valence-electron chi connectivity index (χ1n) is 11.2. The highest BCUT2D eigenvalue weighted by molar-refractivity contribution is 7.89. The molecule has 10 heteroatoms. The molecule has 1 aliphatic rings. The van der Waals surface area contributed by atoms with E-state index in [-0.39, 0.29) is 4.90 Å². The summed E-state index contributed by atoms with van der Waals surface area (Å²) in [6.45, 7) is 1.00. The summed E-state index contributed by atoms with van der Waals surface area (Å²) in [4.78, 5) is 9.06. The van der Waals surface area contributed by atoms with Crippen LogP contribution in [0.2, 0.25) is 0 Å². The van der Waals surface area contributed by atoms with Crippen molar-refractivity contribution in [3.05, 3.63) is 88.3 Å². The highest BCUT2D eigenvalue weighted by Crippen LogP contribution is 2.35. The van der Waals surface area contributed by atoms with Gasteiger partial charge in [0.05, 0.1) is 10.8 Å². The number of nitrogens with zero attached hydrogens (tertiary/aromatic N) is 2. The predicted molar refractivity (Wildman–Crippen MR) is 135 cm³/mol. The first kappa shape index (κ1) is 24.4. The second-order valence-corrected chi connectivity index (χ2v) is 10.9. The standard InChI is InChI=1S/C26H23N3O5S2/c27-36(31,32)21-9-6-19(7-10-21)24-23(28-17-34-24)22(18-4-2-1-3-5-18)11-8-20-16-35-25(29-20)26(30)12-14-33-15-13-26/h1-7,9-10,16-17,22,30H,12-15H2,(H2,27,31,32). The SMILES string of the molecule is NS(=O)(=O)c1ccc(-c2ocnc2C(C#Cc2csc(C3(O)CCOCC3)n2)c2ccccc2)cc1. The minimum absolute atomic E-state index is 0.0113. The van der Waals surface area contributed by atoms with Gasteiger partial charge in [-0.2, -0.15) is 0 Å². The van der Waals surface area contributed by atoms with Crippen LogP contribution in [0.1, 0.15) is 40.7 Å². The summed E-state index contributed by atoms with van der Waals surface area (Å²) in [5.74, 6) is 6.47.